The molecule has 27 heavy (non-hydrogen) atoms. The van der Waals surface area contributed by atoms with Gasteiger partial charge in [0, 0.05) is 57.6 Å². The average Bonchev–Trinajstić information content (AvgIpc) is 3.13. The van der Waals surface area contributed by atoms with Crippen molar-refractivity contribution in [3.63, 3.8) is 0 Å². The molecule has 2 amide bonds. The number of carbonyl (C=O) groups excluding carboxylic acids is 2. The Balaban J connectivity index is 1.60. The molecule has 1 aromatic heterocycles. The Labute approximate surface area is 162 Å². The van der Waals surface area contributed by atoms with Gasteiger partial charge < -0.3 is 19.1 Å². The van der Waals surface area contributed by atoms with Crippen molar-refractivity contribution in [2.45, 2.75) is 52.0 Å². The fourth-order valence-electron chi connectivity index (χ4n) is 4.22. The molecular formula is C21H33N3O3. The first kappa shape index (κ1) is 19.9. The number of methoxy groups -OCH3 is 1. The molecule has 0 radical (unpaired) electrons. The molecule has 150 valence electrons. The highest BCUT2D eigenvalue weighted by Crippen LogP contribution is 2.40. The Morgan fingerprint density at radius 1 is 1.22 bits per heavy atom. The summed E-state index contributed by atoms with van der Waals surface area (Å²) >= 11 is 0. The van der Waals surface area contributed by atoms with Crippen molar-refractivity contribution in [2.24, 2.45) is 5.41 Å². The number of carbonyl (C=O) groups is 2. The van der Waals surface area contributed by atoms with Gasteiger partial charge in [0.2, 0.25) is 5.91 Å². The van der Waals surface area contributed by atoms with Crippen LogP contribution in [0.4, 0.5) is 0 Å². The quantitative estimate of drug-likeness (QED) is 0.813. The third-order valence-electron chi connectivity index (χ3n) is 6.14. The molecule has 0 N–H and O–H groups in total. The van der Waals surface area contributed by atoms with Gasteiger partial charge >= 0.3 is 0 Å². The van der Waals surface area contributed by atoms with Gasteiger partial charge in [0.05, 0.1) is 12.2 Å². The molecule has 0 aliphatic carbocycles. The molecule has 6 heteroatoms. The molecule has 0 unspecified atom stereocenters. The van der Waals surface area contributed by atoms with E-state index in [9.17, 15) is 9.59 Å². The Bertz CT molecular complexity index is 681. The molecule has 0 aromatic carbocycles. The van der Waals surface area contributed by atoms with Crippen LogP contribution in [-0.2, 0) is 15.1 Å². The topological polar surface area (TPSA) is 54.8 Å². The van der Waals surface area contributed by atoms with Crippen LogP contribution in [0.1, 0.15) is 56.8 Å². The van der Waals surface area contributed by atoms with Crippen LogP contribution >= 0.6 is 0 Å². The number of hydrogen-bond donors (Lipinski definition) is 0. The van der Waals surface area contributed by atoms with E-state index in [0.717, 1.165) is 44.5 Å². The maximum absolute atomic E-state index is 12.9. The number of piperidine rings is 2. The van der Waals surface area contributed by atoms with Crippen LogP contribution in [0.25, 0.3) is 0 Å². The minimum absolute atomic E-state index is 0.0230. The van der Waals surface area contributed by atoms with Gasteiger partial charge in [-0.05, 0) is 51.5 Å². The van der Waals surface area contributed by atoms with Gasteiger partial charge in [0.1, 0.15) is 0 Å². The first-order valence-electron chi connectivity index (χ1n) is 9.99. The average molecular weight is 376 g/mol. The third-order valence-corrected chi connectivity index (χ3v) is 6.14. The first-order chi connectivity index (χ1) is 12.7. The molecule has 3 heterocycles. The third kappa shape index (κ3) is 4.37. The van der Waals surface area contributed by atoms with Crippen LogP contribution < -0.4 is 0 Å². The van der Waals surface area contributed by atoms with E-state index in [2.05, 4.69) is 25.3 Å². The second-order valence-electron chi connectivity index (χ2n) is 9.08. The van der Waals surface area contributed by atoms with Gasteiger partial charge in [-0.1, -0.05) is 0 Å². The molecule has 1 aromatic rings. The van der Waals surface area contributed by atoms with E-state index in [1.54, 1.807) is 7.11 Å². The summed E-state index contributed by atoms with van der Waals surface area (Å²) in [5.74, 6) is 0.357. The zero-order chi connectivity index (χ0) is 19.7. The highest BCUT2D eigenvalue weighted by Gasteiger charge is 2.41. The predicted octanol–water partition coefficient (Wildman–Crippen LogP) is 2.73. The second kappa shape index (κ2) is 7.66. The Morgan fingerprint density at radius 3 is 2.52 bits per heavy atom. The number of hydrogen-bond acceptors (Lipinski definition) is 3. The zero-order valence-corrected chi connectivity index (χ0v) is 17.2. The van der Waals surface area contributed by atoms with Crippen LogP contribution in [-0.4, -0.2) is 66.1 Å². The first-order valence-corrected chi connectivity index (χ1v) is 9.99. The number of ether oxygens (including phenoxy) is 1. The zero-order valence-electron chi connectivity index (χ0n) is 17.2. The van der Waals surface area contributed by atoms with Crippen molar-refractivity contribution >= 4 is 11.8 Å². The summed E-state index contributed by atoms with van der Waals surface area (Å²) in [6.07, 6.45) is 7.44. The maximum atomic E-state index is 12.9. The lowest BCUT2D eigenvalue weighted by Gasteiger charge is -2.47. The van der Waals surface area contributed by atoms with Crippen molar-refractivity contribution in [3.05, 3.63) is 24.0 Å². The van der Waals surface area contributed by atoms with Crippen LogP contribution in [0.5, 0.6) is 0 Å². The molecule has 3 rings (SSSR count). The predicted molar refractivity (Wildman–Crippen MR) is 105 cm³/mol. The SMILES string of the molecule is COCCN1CC2(CCC1=O)CCN(C(=O)c1ccn(C(C)(C)C)c1)CC2. The molecule has 2 aliphatic heterocycles. The fourth-order valence-corrected chi connectivity index (χ4v) is 4.22. The van der Waals surface area contributed by atoms with Crippen LogP contribution in [0.2, 0.25) is 0 Å². The minimum Gasteiger partial charge on any atom is -0.383 e. The molecule has 2 fully saturated rings. The Morgan fingerprint density at radius 2 is 1.93 bits per heavy atom. The monoisotopic (exact) mass is 375 g/mol. The molecule has 1 spiro atoms. The fraction of sp³-hybridized carbons (Fsp3) is 0.714. The minimum atomic E-state index is -0.0230. The molecule has 0 bridgehead atoms. The van der Waals surface area contributed by atoms with Gasteiger partial charge in [-0.25, -0.2) is 0 Å². The van der Waals surface area contributed by atoms with E-state index in [-0.39, 0.29) is 22.8 Å². The number of aromatic nitrogens is 1. The lowest BCUT2D eigenvalue weighted by atomic mass is 9.72. The molecule has 2 saturated heterocycles. The summed E-state index contributed by atoms with van der Waals surface area (Å²) in [6.45, 7) is 9.98. The smallest absolute Gasteiger partial charge is 0.255 e. The summed E-state index contributed by atoms with van der Waals surface area (Å²) in [7, 11) is 1.67. The van der Waals surface area contributed by atoms with E-state index in [4.69, 9.17) is 4.74 Å². The summed E-state index contributed by atoms with van der Waals surface area (Å²) in [5, 5.41) is 0. The van der Waals surface area contributed by atoms with Crippen molar-refractivity contribution in [3.8, 4) is 0 Å². The van der Waals surface area contributed by atoms with E-state index in [0.29, 0.717) is 19.6 Å². The molecule has 0 saturated carbocycles. The summed E-state index contributed by atoms with van der Waals surface area (Å²) in [5.41, 5.74) is 0.905. The van der Waals surface area contributed by atoms with Gasteiger partial charge in [-0.2, -0.15) is 0 Å². The van der Waals surface area contributed by atoms with Gasteiger partial charge in [0.25, 0.3) is 5.91 Å². The lowest BCUT2D eigenvalue weighted by molar-refractivity contribution is -0.139. The number of nitrogens with zero attached hydrogens (tertiary/aromatic N) is 3. The van der Waals surface area contributed by atoms with E-state index in [1.165, 1.54) is 0 Å². The van der Waals surface area contributed by atoms with Crippen LogP contribution in [0.15, 0.2) is 18.5 Å². The maximum Gasteiger partial charge on any atom is 0.255 e. The molecule has 2 aliphatic rings. The van der Waals surface area contributed by atoms with Crippen molar-refractivity contribution < 1.29 is 14.3 Å². The van der Waals surface area contributed by atoms with Crippen molar-refractivity contribution in [1.29, 1.82) is 0 Å². The molecule has 0 atom stereocenters. The van der Waals surface area contributed by atoms with E-state index >= 15 is 0 Å². The number of rotatable bonds is 4. The second-order valence-corrected chi connectivity index (χ2v) is 9.08. The summed E-state index contributed by atoms with van der Waals surface area (Å²) in [6, 6.07) is 1.92. The Kier molecular flexibility index (Phi) is 5.65. The largest absolute Gasteiger partial charge is 0.383 e. The van der Waals surface area contributed by atoms with Gasteiger partial charge in [-0.3, -0.25) is 9.59 Å². The molecular weight excluding hydrogens is 342 g/mol. The van der Waals surface area contributed by atoms with E-state index in [1.807, 2.05) is 28.3 Å². The van der Waals surface area contributed by atoms with Crippen molar-refractivity contribution in [1.82, 2.24) is 14.4 Å². The lowest BCUT2D eigenvalue weighted by Crippen LogP contribution is -2.52. The van der Waals surface area contributed by atoms with Crippen LogP contribution in [0, 0.1) is 5.41 Å². The summed E-state index contributed by atoms with van der Waals surface area (Å²) < 4.78 is 7.23. The van der Waals surface area contributed by atoms with Crippen LogP contribution in [0.3, 0.4) is 0 Å². The normalized spacial score (nSPS) is 20.4. The van der Waals surface area contributed by atoms with Gasteiger partial charge in [0.15, 0.2) is 0 Å². The van der Waals surface area contributed by atoms with Gasteiger partial charge in [-0.15, -0.1) is 0 Å². The summed E-state index contributed by atoms with van der Waals surface area (Å²) in [4.78, 5) is 29.0. The highest BCUT2D eigenvalue weighted by atomic mass is 16.5. The standard InChI is InChI=1S/C21H33N3O3/c1-20(2,3)24-10-6-17(15-24)19(26)22-11-8-21(9-12-22)7-5-18(25)23(16-21)13-14-27-4/h6,10,15H,5,7-9,11-14,16H2,1-4H3. The van der Waals surface area contributed by atoms with Crippen molar-refractivity contribution in [2.75, 3.05) is 39.9 Å². The van der Waals surface area contributed by atoms with E-state index < -0.39 is 0 Å². The highest BCUT2D eigenvalue weighted by molar-refractivity contribution is 5.94. The molecule has 6 nitrogen and oxygen atoms in total. The number of likely N-dealkylation sites (tertiary alicyclic amines) is 2. The Hall–Kier alpha value is -1.82. The number of amides is 2.